The predicted molar refractivity (Wildman–Crippen MR) is 85.9 cm³/mol. The summed E-state index contributed by atoms with van der Waals surface area (Å²) < 4.78 is 11.8. The average Bonchev–Trinajstić information content (AvgIpc) is 3.27. The van der Waals surface area contributed by atoms with Gasteiger partial charge in [0.15, 0.2) is 5.82 Å². The minimum atomic E-state index is 0.0424. The zero-order valence-corrected chi connectivity index (χ0v) is 13.1. The first-order valence-corrected chi connectivity index (χ1v) is 7.99. The number of aromatic amines is 1. The highest BCUT2D eigenvalue weighted by Crippen LogP contribution is 2.30. The normalized spacial score (nSPS) is 21.3. The third kappa shape index (κ3) is 2.87. The van der Waals surface area contributed by atoms with E-state index < -0.39 is 0 Å². The molecule has 1 fully saturated rings. The highest BCUT2D eigenvalue weighted by atomic mass is 16.5. The van der Waals surface area contributed by atoms with E-state index in [0.29, 0.717) is 0 Å². The molecule has 1 aliphatic rings. The highest BCUT2D eigenvalue weighted by molar-refractivity contribution is 5.82. The van der Waals surface area contributed by atoms with Gasteiger partial charge in [0, 0.05) is 24.0 Å². The SMILES string of the molecule is Cc1oc2ccccc2c1CNC[C@H]1CC[C@@H](c2ncn[nH]2)O1. The van der Waals surface area contributed by atoms with E-state index in [1.54, 1.807) is 0 Å². The largest absolute Gasteiger partial charge is 0.461 e. The summed E-state index contributed by atoms with van der Waals surface area (Å²) >= 11 is 0. The van der Waals surface area contributed by atoms with Gasteiger partial charge in [-0.2, -0.15) is 5.10 Å². The van der Waals surface area contributed by atoms with Gasteiger partial charge in [-0.3, -0.25) is 5.10 Å². The second kappa shape index (κ2) is 6.14. The summed E-state index contributed by atoms with van der Waals surface area (Å²) in [5.41, 5.74) is 2.18. The van der Waals surface area contributed by atoms with Gasteiger partial charge in [0.2, 0.25) is 0 Å². The fourth-order valence-electron chi connectivity index (χ4n) is 3.23. The van der Waals surface area contributed by atoms with E-state index in [1.807, 2.05) is 25.1 Å². The number of fused-ring (bicyclic) bond motifs is 1. The molecule has 3 aromatic rings. The lowest BCUT2D eigenvalue weighted by Crippen LogP contribution is -2.26. The lowest BCUT2D eigenvalue weighted by molar-refractivity contribution is 0.0401. The Balaban J connectivity index is 1.34. The number of benzene rings is 1. The standard InChI is InChI=1S/C17H20N4O2/c1-11-14(13-4-2-3-5-15(13)22-11)9-18-8-12-6-7-16(23-12)17-19-10-20-21-17/h2-5,10,12,16,18H,6-9H2,1H3,(H,19,20,21)/t12-,16+/m1/s1. The average molecular weight is 312 g/mol. The third-order valence-electron chi connectivity index (χ3n) is 4.42. The molecule has 1 aliphatic heterocycles. The lowest BCUT2D eigenvalue weighted by Gasteiger charge is -2.13. The molecule has 1 aromatic carbocycles. The van der Waals surface area contributed by atoms with E-state index in [2.05, 4.69) is 26.6 Å². The molecule has 0 aliphatic carbocycles. The van der Waals surface area contributed by atoms with Crippen molar-refractivity contribution in [1.29, 1.82) is 0 Å². The van der Waals surface area contributed by atoms with E-state index in [-0.39, 0.29) is 12.2 Å². The molecule has 0 radical (unpaired) electrons. The van der Waals surface area contributed by atoms with E-state index in [1.165, 1.54) is 17.3 Å². The van der Waals surface area contributed by atoms with Gasteiger partial charge in [0.05, 0.1) is 6.10 Å². The minimum Gasteiger partial charge on any atom is -0.461 e. The molecule has 120 valence electrons. The number of hydrogen-bond acceptors (Lipinski definition) is 5. The Kier molecular flexibility index (Phi) is 3.85. The van der Waals surface area contributed by atoms with Crippen LogP contribution in [0.5, 0.6) is 0 Å². The quantitative estimate of drug-likeness (QED) is 0.757. The van der Waals surface area contributed by atoms with Crippen LogP contribution in [-0.2, 0) is 11.3 Å². The van der Waals surface area contributed by atoms with Crippen LogP contribution in [0.1, 0.15) is 36.1 Å². The number of nitrogens with one attached hydrogen (secondary N) is 2. The van der Waals surface area contributed by atoms with Gasteiger partial charge < -0.3 is 14.5 Å². The van der Waals surface area contributed by atoms with Crippen molar-refractivity contribution in [2.75, 3.05) is 6.54 Å². The second-order valence-corrected chi connectivity index (χ2v) is 5.96. The van der Waals surface area contributed by atoms with Crippen molar-refractivity contribution >= 4 is 11.0 Å². The fraction of sp³-hybridized carbons (Fsp3) is 0.412. The molecule has 2 aromatic heterocycles. The molecule has 0 amide bonds. The Morgan fingerprint density at radius 2 is 2.22 bits per heavy atom. The van der Waals surface area contributed by atoms with Gasteiger partial charge in [0.1, 0.15) is 23.8 Å². The first-order chi connectivity index (χ1) is 11.3. The fourth-order valence-corrected chi connectivity index (χ4v) is 3.23. The molecule has 6 nitrogen and oxygen atoms in total. The number of rotatable bonds is 5. The Bertz CT molecular complexity index is 781. The maximum Gasteiger partial charge on any atom is 0.153 e. The van der Waals surface area contributed by atoms with Crippen molar-refractivity contribution < 1.29 is 9.15 Å². The number of aryl methyl sites for hydroxylation is 1. The van der Waals surface area contributed by atoms with Crippen LogP contribution in [0.3, 0.4) is 0 Å². The van der Waals surface area contributed by atoms with Gasteiger partial charge in [-0.15, -0.1) is 0 Å². The van der Waals surface area contributed by atoms with Gasteiger partial charge in [0.25, 0.3) is 0 Å². The molecule has 0 saturated carbocycles. The first-order valence-electron chi connectivity index (χ1n) is 7.99. The maximum absolute atomic E-state index is 6.02. The van der Waals surface area contributed by atoms with Crippen LogP contribution in [0, 0.1) is 6.92 Å². The van der Waals surface area contributed by atoms with Crippen LogP contribution in [0.4, 0.5) is 0 Å². The summed E-state index contributed by atoms with van der Waals surface area (Å²) in [6.45, 7) is 3.63. The molecule has 1 saturated heterocycles. The molecule has 6 heteroatoms. The van der Waals surface area contributed by atoms with Crippen molar-refractivity contribution in [2.45, 2.75) is 38.5 Å². The molecular weight excluding hydrogens is 292 g/mol. The van der Waals surface area contributed by atoms with Crippen molar-refractivity contribution in [3.8, 4) is 0 Å². The summed E-state index contributed by atoms with van der Waals surface area (Å²) in [6.07, 6.45) is 3.79. The number of ether oxygens (including phenoxy) is 1. The molecular formula is C17H20N4O2. The van der Waals surface area contributed by atoms with E-state index in [9.17, 15) is 0 Å². The molecule has 2 atom stereocenters. The van der Waals surface area contributed by atoms with Crippen LogP contribution >= 0.6 is 0 Å². The number of nitrogens with zero attached hydrogens (tertiary/aromatic N) is 2. The van der Waals surface area contributed by atoms with Gasteiger partial charge in [-0.05, 0) is 25.8 Å². The van der Waals surface area contributed by atoms with Crippen LogP contribution in [0.25, 0.3) is 11.0 Å². The van der Waals surface area contributed by atoms with Gasteiger partial charge in [-0.1, -0.05) is 18.2 Å². The number of para-hydroxylation sites is 1. The lowest BCUT2D eigenvalue weighted by atomic mass is 10.1. The third-order valence-corrected chi connectivity index (χ3v) is 4.42. The number of aromatic nitrogens is 3. The summed E-state index contributed by atoms with van der Waals surface area (Å²) in [5, 5.41) is 11.5. The summed E-state index contributed by atoms with van der Waals surface area (Å²) in [4.78, 5) is 4.17. The number of hydrogen-bond donors (Lipinski definition) is 2. The second-order valence-electron chi connectivity index (χ2n) is 5.96. The van der Waals surface area contributed by atoms with Crippen molar-refractivity contribution in [2.24, 2.45) is 0 Å². The minimum absolute atomic E-state index is 0.0424. The molecule has 3 heterocycles. The Labute approximate surface area is 134 Å². The van der Waals surface area contributed by atoms with Crippen molar-refractivity contribution in [3.05, 3.63) is 47.7 Å². The Morgan fingerprint density at radius 1 is 1.30 bits per heavy atom. The van der Waals surface area contributed by atoms with Crippen LogP contribution in [-0.4, -0.2) is 27.8 Å². The topological polar surface area (TPSA) is 76.0 Å². The molecule has 0 unspecified atom stereocenters. The Morgan fingerprint density at radius 3 is 3.09 bits per heavy atom. The van der Waals surface area contributed by atoms with Gasteiger partial charge in [-0.25, -0.2) is 4.98 Å². The van der Waals surface area contributed by atoms with Crippen LogP contribution in [0.15, 0.2) is 35.0 Å². The molecule has 0 spiro atoms. The smallest absolute Gasteiger partial charge is 0.153 e. The molecule has 23 heavy (non-hydrogen) atoms. The maximum atomic E-state index is 6.02. The first kappa shape index (κ1) is 14.4. The zero-order valence-electron chi connectivity index (χ0n) is 13.1. The number of H-pyrrole nitrogens is 1. The highest BCUT2D eigenvalue weighted by Gasteiger charge is 2.28. The molecule has 0 bridgehead atoms. The molecule has 2 N–H and O–H groups in total. The monoisotopic (exact) mass is 312 g/mol. The van der Waals surface area contributed by atoms with Crippen molar-refractivity contribution in [3.63, 3.8) is 0 Å². The van der Waals surface area contributed by atoms with Crippen LogP contribution < -0.4 is 5.32 Å². The van der Waals surface area contributed by atoms with E-state index in [4.69, 9.17) is 9.15 Å². The van der Waals surface area contributed by atoms with Crippen LogP contribution in [0.2, 0.25) is 0 Å². The summed E-state index contributed by atoms with van der Waals surface area (Å²) in [7, 11) is 0. The van der Waals surface area contributed by atoms with E-state index >= 15 is 0 Å². The summed E-state index contributed by atoms with van der Waals surface area (Å²) in [5.74, 6) is 1.80. The van der Waals surface area contributed by atoms with Crippen molar-refractivity contribution in [1.82, 2.24) is 20.5 Å². The predicted octanol–water partition coefficient (Wildman–Crippen LogP) is 2.87. The Hall–Kier alpha value is -2.18. The molecule has 4 rings (SSSR count). The number of furan rings is 1. The van der Waals surface area contributed by atoms with Gasteiger partial charge >= 0.3 is 0 Å². The summed E-state index contributed by atoms with van der Waals surface area (Å²) in [6, 6.07) is 8.16. The zero-order chi connectivity index (χ0) is 15.6. The van der Waals surface area contributed by atoms with E-state index in [0.717, 1.165) is 43.1 Å².